The molecule has 0 aromatic heterocycles. The number of amides is 2. The lowest BCUT2D eigenvalue weighted by atomic mass is 9.97. The van der Waals surface area contributed by atoms with Gasteiger partial charge in [-0.3, -0.25) is 9.59 Å². The molecule has 0 unspecified atom stereocenters. The Hall–Kier alpha value is -3.02. The number of nitrogens with zero attached hydrogens (tertiary/aromatic N) is 4. The Morgan fingerprint density at radius 1 is 0.969 bits per heavy atom. The van der Waals surface area contributed by atoms with Crippen molar-refractivity contribution in [1.82, 2.24) is 9.80 Å². The second-order valence-electron chi connectivity index (χ2n) is 9.11. The van der Waals surface area contributed by atoms with Crippen molar-refractivity contribution in [3.05, 3.63) is 59.2 Å². The van der Waals surface area contributed by atoms with Crippen LogP contribution in [0.1, 0.15) is 52.5 Å². The number of carbonyl (C=O) groups is 2. The Balaban J connectivity index is 1.33. The van der Waals surface area contributed by atoms with Crippen LogP contribution < -0.4 is 9.80 Å². The third-order valence-electron chi connectivity index (χ3n) is 7.18. The second-order valence-corrected chi connectivity index (χ2v) is 9.11. The monoisotopic (exact) mass is 432 g/mol. The number of fused-ring (bicyclic) bond motifs is 2. The van der Waals surface area contributed by atoms with E-state index in [1.165, 1.54) is 11.3 Å². The van der Waals surface area contributed by atoms with Gasteiger partial charge in [-0.25, -0.2) is 0 Å². The summed E-state index contributed by atoms with van der Waals surface area (Å²) in [5.41, 5.74) is 4.80. The molecule has 2 fully saturated rings. The zero-order chi connectivity index (χ0) is 22.2. The fourth-order valence-electron chi connectivity index (χ4n) is 5.36. The average molecular weight is 433 g/mol. The van der Waals surface area contributed by atoms with E-state index in [2.05, 4.69) is 47.9 Å². The van der Waals surface area contributed by atoms with E-state index in [9.17, 15) is 9.59 Å². The number of benzene rings is 2. The van der Waals surface area contributed by atoms with Crippen LogP contribution in [0, 0.1) is 6.92 Å². The van der Waals surface area contributed by atoms with Crippen molar-refractivity contribution in [2.45, 2.75) is 39.3 Å². The largest absolute Gasteiger partial charge is 0.368 e. The van der Waals surface area contributed by atoms with Gasteiger partial charge < -0.3 is 19.6 Å². The number of rotatable bonds is 3. The van der Waals surface area contributed by atoms with Crippen LogP contribution in [0.3, 0.4) is 0 Å². The maximum atomic E-state index is 13.3. The van der Waals surface area contributed by atoms with E-state index < -0.39 is 0 Å². The number of hydrogen-bond donors (Lipinski definition) is 0. The van der Waals surface area contributed by atoms with Crippen molar-refractivity contribution in [1.29, 1.82) is 0 Å². The summed E-state index contributed by atoms with van der Waals surface area (Å²) >= 11 is 0. The van der Waals surface area contributed by atoms with Crippen molar-refractivity contribution in [3.63, 3.8) is 0 Å². The van der Waals surface area contributed by atoms with E-state index in [0.717, 1.165) is 56.7 Å². The maximum Gasteiger partial charge on any atom is 0.257 e. The lowest BCUT2D eigenvalue weighted by Gasteiger charge is -2.47. The summed E-state index contributed by atoms with van der Waals surface area (Å²) in [6.07, 6.45) is 3.33. The first-order valence-corrected chi connectivity index (χ1v) is 11.9. The molecule has 1 atom stereocenters. The molecule has 2 aromatic carbocycles. The van der Waals surface area contributed by atoms with E-state index in [1.54, 1.807) is 0 Å². The highest BCUT2D eigenvalue weighted by atomic mass is 16.2. The molecule has 0 aliphatic carbocycles. The highest BCUT2D eigenvalue weighted by Gasteiger charge is 2.38. The standard InChI is InChI=1S/C26H32N4O2/c1-3-29-23-18-20(9-12-22(23)26(32)30-13-5-4-6-24(29)30)25(31)28-16-14-27(15-17-28)21-10-7-19(2)8-11-21/h7-12,18,24H,3-6,13-17H2,1-2H3/t24-/m0/s1. The third kappa shape index (κ3) is 3.61. The van der Waals surface area contributed by atoms with E-state index in [0.29, 0.717) is 18.7 Å². The fourth-order valence-corrected chi connectivity index (χ4v) is 5.36. The first-order chi connectivity index (χ1) is 15.6. The maximum absolute atomic E-state index is 13.3. The summed E-state index contributed by atoms with van der Waals surface area (Å²) in [5.74, 6) is 0.172. The van der Waals surface area contributed by atoms with Gasteiger partial charge >= 0.3 is 0 Å². The minimum Gasteiger partial charge on any atom is -0.368 e. The summed E-state index contributed by atoms with van der Waals surface area (Å²) in [6.45, 7) is 8.95. The number of piperidine rings is 1. The van der Waals surface area contributed by atoms with Gasteiger partial charge in [-0.05, 0) is 63.4 Å². The fraction of sp³-hybridized carbons (Fsp3) is 0.462. The van der Waals surface area contributed by atoms with Gasteiger partial charge in [-0.15, -0.1) is 0 Å². The van der Waals surface area contributed by atoms with Crippen molar-refractivity contribution in [3.8, 4) is 0 Å². The number of anilines is 2. The lowest BCUT2D eigenvalue weighted by Crippen LogP contribution is -2.57. The first kappa shape index (κ1) is 20.9. The summed E-state index contributed by atoms with van der Waals surface area (Å²) in [7, 11) is 0. The van der Waals surface area contributed by atoms with Gasteiger partial charge in [0.2, 0.25) is 0 Å². The molecule has 5 rings (SSSR count). The minimum absolute atomic E-state index is 0.0610. The van der Waals surface area contributed by atoms with Crippen LogP contribution in [-0.4, -0.2) is 67.0 Å². The Kier molecular flexibility index (Phi) is 5.53. The molecule has 2 amide bonds. The Morgan fingerprint density at radius 2 is 1.72 bits per heavy atom. The van der Waals surface area contributed by atoms with E-state index >= 15 is 0 Å². The number of piperazine rings is 1. The first-order valence-electron chi connectivity index (χ1n) is 11.9. The summed E-state index contributed by atoms with van der Waals surface area (Å²) in [6, 6.07) is 14.2. The highest BCUT2D eigenvalue weighted by Crippen LogP contribution is 2.36. The second kappa shape index (κ2) is 8.49. The van der Waals surface area contributed by atoms with Crippen LogP contribution in [0.25, 0.3) is 0 Å². The van der Waals surface area contributed by atoms with Crippen molar-refractivity contribution in [2.75, 3.05) is 49.1 Å². The van der Waals surface area contributed by atoms with E-state index in [4.69, 9.17) is 0 Å². The molecule has 32 heavy (non-hydrogen) atoms. The normalized spacial score (nSPS) is 20.8. The molecule has 168 valence electrons. The highest BCUT2D eigenvalue weighted by molar-refractivity contribution is 6.04. The van der Waals surface area contributed by atoms with Gasteiger partial charge in [0.1, 0.15) is 6.17 Å². The van der Waals surface area contributed by atoms with Crippen molar-refractivity contribution < 1.29 is 9.59 Å². The quantitative estimate of drug-likeness (QED) is 0.741. The SMILES string of the molecule is CCN1c2cc(C(=O)N3CCN(c4ccc(C)cc4)CC3)ccc2C(=O)N2CCCC[C@H]21. The van der Waals surface area contributed by atoms with Crippen LogP contribution in [0.4, 0.5) is 11.4 Å². The molecular formula is C26H32N4O2. The molecular weight excluding hydrogens is 400 g/mol. The molecule has 3 aliphatic heterocycles. The number of aryl methyl sites for hydroxylation is 1. The predicted octanol–water partition coefficient (Wildman–Crippen LogP) is 3.75. The molecule has 2 aromatic rings. The van der Waals surface area contributed by atoms with Gasteiger partial charge in [0.15, 0.2) is 0 Å². The third-order valence-corrected chi connectivity index (χ3v) is 7.18. The molecule has 0 radical (unpaired) electrons. The van der Waals surface area contributed by atoms with E-state index in [-0.39, 0.29) is 18.0 Å². The smallest absolute Gasteiger partial charge is 0.257 e. The average Bonchev–Trinajstić information content (AvgIpc) is 2.84. The van der Waals surface area contributed by atoms with E-state index in [1.807, 2.05) is 28.0 Å². The van der Waals surface area contributed by atoms with Crippen LogP contribution in [0.15, 0.2) is 42.5 Å². The number of carbonyl (C=O) groups excluding carboxylic acids is 2. The van der Waals surface area contributed by atoms with Gasteiger partial charge in [-0.1, -0.05) is 17.7 Å². The molecule has 6 heteroatoms. The Labute approximate surface area is 190 Å². The molecule has 0 bridgehead atoms. The Morgan fingerprint density at radius 3 is 2.44 bits per heavy atom. The van der Waals surface area contributed by atoms with Crippen molar-refractivity contribution in [2.24, 2.45) is 0 Å². The zero-order valence-electron chi connectivity index (χ0n) is 19.1. The van der Waals surface area contributed by atoms with Crippen LogP contribution in [-0.2, 0) is 0 Å². The van der Waals surface area contributed by atoms with Crippen molar-refractivity contribution >= 4 is 23.2 Å². The molecule has 0 saturated carbocycles. The zero-order valence-corrected chi connectivity index (χ0v) is 19.1. The molecule has 2 saturated heterocycles. The van der Waals surface area contributed by atoms with Crippen LogP contribution in [0.2, 0.25) is 0 Å². The summed E-state index contributed by atoms with van der Waals surface area (Å²) < 4.78 is 0. The molecule has 6 nitrogen and oxygen atoms in total. The minimum atomic E-state index is 0.0610. The topological polar surface area (TPSA) is 47.1 Å². The van der Waals surface area contributed by atoms with Crippen LogP contribution in [0.5, 0.6) is 0 Å². The van der Waals surface area contributed by atoms with Crippen LogP contribution >= 0.6 is 0 Å². The van der Waals surface area contributed by atoms with Gasteiger partial charge in [0.05, 0.1) is 11.3 Å². The lowest BCUT2D eigenvalue weighted by molar-refractivity contribution is 0.0581. The van der Waals surface area contributed by atoms with Gasteiger partial charge in [0.25, 0.3) is 11.8 Å². The number of hydrogen-bond acceptors (Lipinski definition) is 4. The summed E-state index contributed by atoms with van der Waals surface area (Å²) in [4.78, 5) is 35.0. The Bertz CT molecular complexity index is 1010. The molecule has 0 spiro atoms. The summed E-state index contributed by atoms with van der Waals surface area (Å²) in [5, 5.41) is 0. The van der Waals surface area contributed by atoms with Gasteiger partial charge in [-0.2, -0.15) is 0 Å². The molecule has 3 heterocycles. The van der Waals surface area contributed by atoms with Gasteiger partial charge in [0, 0.05) is 50.5 Å². The molecule has 3 aliphatic rings. The molecule has 0 N–H and O–H groups in total. The predicted molar refractivity (Wildman–Crippen MR) is 127 cm³/mol.